The van der Waals surface area contributed by atoms with E-state index in [0.717, 1.165) is 16.9 Å². The van der Waals surface area contributed by atoms with Crippen LogP contribution in [0.4, 0.5) is 0 Å². The van der Waals surface area contributed by atoms with Crippen molar-refractivity contribution in [2.75, 3.05) is 32.7 Å². The van der Waals surface area contributed by atoms with Crippen LogP contribution in [-0.2, 0) is 9.59 Å². The number of hydrogen-bond acceptors (Lipinski definition) is 5. The quantitative estimate of drug-likeness (QED) is 0.751. The summed E-state index contributed by atoms with van der Waals surface area (Å²) in [6, 6.07) is 5.52. The van der Waals surface area contributed by atoms with Crippen LogP contribution in [0.3, 0.4) is 0 Å². The van der Waals surface area contributed by atoms with E-state index in [1.807, 2.05) is 33.8 Å². The molecule has 3 amide bonds. The van der Waals surface area contributed by atoms with E-state index in [1.54, 1.807) is 26.8 Å². The molecule has 1 aromatic carbocycles. The van der Waals surface area contributed by atoms with Gasteiger partial charge in [0.15, 0.2) is 0 Å². The fourth-order valence-electron chi connectivity index (χ4n) is 4.33. The molecule has 0 radical (unpaired) electrons. The molecule has 8 nitrogen and oxygen atoms in total. The third-order valence-electron chi connectivity index (χ3n) is 6.33. The molecular weight excluding hydrogens is 394 g/mol. The maximum absolute atomic E-state index is 13.0. The Morgan fingerprint density at radius 2 is 1.58 bits per heavy atom. The van der Waals surface area contributed by atoms with Crippen molar-refractivity contribution in [2.24, 2.45) is 5.92 Å². The Kier molecular flexibility index (Phi) is 5.64. The molecule has 2 fully saturated rings. The van der Waals surface area contributed by atoms with E-state index in [-0.39, 0.29) is 36.1 Å². The first-order chi connectivity index (χ1) is 14.7. The summed E-state index contributed by atoms with van der Waals surface area (Å²) in [5.74, 6) is -0.263. The molecule has 1 aromatic heterocycles. The van der Waals surface area contributed by atoms with Crippen LogP contribution in [0.2, 0.25) is 0 Å². The zero-order chi connectivity index (χ0) is 22.3. The van der Waals surface area contributed by atoms with Gasteiger partial charge in [0.05, 0.1) is 28.3 Å². The topological polar surface area (TPSA) is 86.7 Å². The maximum Gasteiger partial charge on any atom is 0.254 e. The minimum absolute atomic E-state index is 0.0235. The Labute approximate surface area is 182 Å². The summed E-state index contributed by atoms with van der Waals surface area (Å²) < 4.78 is 0. The highest BCUT2D eigenvalue weighted by molar-refractivity contribution is 5.97. The largest absolute Gasteiger partial charge is 0.339 e. The van der Waals surface area contributed by atoms with E-state index in [0.29, 0.717) is 43.8 Å². The van der Waals surface area contributed by atoms with Gasteiger partial charge in [-0.25, -0.2) is 9.97 Å². The van der Waals surface area contributed by atoms with Crippen molar-refractivity contribution in [1.29, 1.82) is 0 Å². The van der Waals surface area contributed by atoms with E-state index in [1.165, 1.54) is 0 Å². The number of rotatable bonds is 3. The number of carbonyl (C=O) groups is 3. The first-order valence-electron chi connectivity index (χ1n) is 10.9. The van der Waals surface area contributed by atoms with Gasteiger partial charge in [-0.3, -0.25) is 14.4 Å². The van der Waals surface area contributed by atoms with Gasteiger partial charge in [-0.15, -0.1) is 0 Å². The van der Waals surface area contributed by atoms with Crippen molar-refractivity contribution in [3.8, 4) is 0 Å². The highest BCUT2D eigenvalue weighted by atomic mass is 16.2. The summed E-state index contributed by atoms with van der Waals surface area (Å²) in [4.78, 5) is 52.5. The molecule has 0 N–H and O–H groups in total. The summed E-state index contributed by atoms with van der Waals surface area (Å²) in [6.45, 7) is 10.2. The number of likely N-dealkylation sites (tertiary alicyclic amines) is 1. The van der Waals surface area contributed by atoms with Gasteiger partial charge < -0.3 is 14.7 Å². The van der Waals surface area contributed by atoms with Crippen LogP contribution in [0.5, 0.6) is 0 Å². The average molecular weight is 424 g/mol. The molecule has 2 aromatic rings. The number of piperazine rings is 1. The van der Waals surface area contributed by atoms with Gasteiger partial charge in [0.25, 0.3) is 5.91 Å². The first kappa shape index (κ1) is 21.2. The number of fused-ring (bicyclic) bond motifs is 1. The molecule has 4 rings (SSSR count). The minimum Gasteiger partial charge on any atom is -0.339 e. The van der Waals surface area contributed by atoms with Gasteiger partial charge in [0.1, 0.15) is 0 Å². The lowest BCUT2D eigenvalue weighted by Crippen LogP contribution is -2.52. The van der Waals surface area contributed by atoms with Crippen LogP contribution in [0.15, 0.2) is 18.2 Å². The smallest absolute Gasteiger partial charge is 0.254 e. The fourth-order valence-corrected chi connectivity index (χ4v) is 4.33. The summed E-state index contributed by atoms with van der Waals surface area (Å²) in [5.41, 5.74) is 3.80. The first-order valence-corrected chi connectivity index (χ1v) is 10.9. The Morgan fingerprint density at radius 1 is 0.968 bits per heavy atom. The predicted molar refractivity (Wildman–Crippen MR) is 116 cm³/mol. The second-order valence-corrected chi connectivity index (χ2v) is 8.76. The van der Waals surface area contributed by atoms with E-state index < -0.39 is 0 Å². The Bertz CT molecular complexity index is 1040. The Balaban J connectivity index is 1.39. The monoisotopic (exact) mass is 423 g/mol. The third kappa shape index (κ3) is 4.11. The van der Waals surface area contributed by atoms with Crippen LogP contribution in [-0.4, -0.2) is 81.2 Å². The number of aryl methyl sites for hydroxylation is 2. The second kappa shape index (κ2) is 8.24. The lowest BCUT2D eigenvalue weighted by molar-refractivity contribution is -0.137. The normalized spacial score (nSPS) is 19.6. The van der Waals surface area contributed by atoms with Gasteiger partial charge in [0.2, 0.25) is 11.8 Å². The molecule has 0 aliphatic carbocycles. The summed E-state index contributed by atoms with van der Waals surface area (Å²) in [6.07, 6.45) is 0.285. The van der Waals surface area contributed by atoms with Crippen molar-refractivity contribution in [3.63, 3.8) is 0 Å². The van der Waals surface area contributed by atoms with Gasteiger partial charge >= 0.3 is 0 Å². The number of amides is 3. The molecule has 1 atom stereocenters. The highest BCUT2D eigenvalue weighted by Crippen LogP contribution is 2.23. The molecule has 2 aliphatic rings. The van der Waals surface area contributed by atoms with Gasteiger partial charge in [0, 0.05) is 50.7 Å². The van der Waals surface area contributed by atoms with E-state index in [9.17, 15) is 14.4 Å². The molecule has 164 valence electrons. The standard InChI is InChI=1S/C23H29N5O3/c1-14(2)28-13-18(12-21(28)29)23(31)27-9-7-26(8-10-27)22(30)17-5-6-19-20(11-17)25-16(4)15(3)24-19/h5-6,11,14,18H,7-10,12-13H2,1-4H3. The van der Waals surface area contributed by atoms with Crippen molar-refractivity contribution in [3.05, 3.63) is 35.2 Å². The van der Waals surface area contributed by atoms with Gasteiger partial charge in [-0.2, -0.15) is 0 Å². The minimum atomic E-state index is -0.275. The Morgan fingerprint density at radius 3 is 2.19 bits per heavy atom. The van der Waals surface area contributed by atoms with E-state index in [4.69, 9.17) is 0 Å². The van der Waals surface area contributed by atoms with Crippen molar-refractivity contribution < 1.29 is 14.4 Å². The molecule has 0 spiro atoms. The van der Waals surface area contributed by atoms with E-state index in [2.05, 4.69) is 9.97 Å². The second-order valence-electron chi connectivity index (χ2n) is 8.76. The molecule has 3 heterocycles. The number of nitrogens with zero attached hydrogens (tertiary/aromatic N) is 5. The zero-order valence-electron chi connectivity index (χ0n) is 18.6. The zero-order valence-corrected chi connectivity index (χ0v) is 18.6. The molecule has 2 saturated heterocycles. The molecular formula is C23H29N5O3. The molecule has 0 saturated carbocycles. The van der Waals surface area contributed by atoms with Crippen molar-refractivity contribution >= 4 is 28.8 Å². The third-order valence-corrected chi connectivity index (χ3v) is 6.33. The SMILES string of the molecule is Cc1nc2ccc(C(=O)N3CCN(C(=O)C4CC(=O)N(C(C)C)C4)CC3)cc2nc1C. The molecule has 1 unspecified atom stereocenters. The summed E-state index contributed by atoms with van der Waals surface area (Å²) >= 11 is 0. The molecule has 0 bridgehead atoms. The van der Waals surface area contributed by atoms with Crippen LogP contribution in [0.1, 0.15) is 42.0 Å². The number of carbonyl (C=O) groups excluding carboxylic acids is 3. The summed E-state index contributed by atoms with van der Waals surface area (Å²) in [5, 5.41) is 0. The number of aromatic nitrogens is 2. The average Bonchev–Trinajstić information content (AvgIpc) is 3.15. The fraction of sp³-hybridized carbons (Fsp3) is 0.522. The lowest BCUT2D eigenvalue weighted by atomic mass is 10.1. The van der Waals surface area contributed by atoms with Crippen LogP contribution in [0, 0.1) is 19.8 Å². The Hall–Kier alpha value is -3.03. The van der Waals surface area contributed by atoms with Gasteiger partial charge in [-0.05, 0) is 45.9 Å². The lowest BCUT2D eigenvalue weighted by Gasteiger charge is -2.36. The molecule has 8 heteroatoms. The highest BCUT2D eigenvalue weighted by Gasteiger charge is 2.38. The maximum atomic E-state index is 13.0. The van der Waals surface area contributed by atoms with Crippen molar-refractivity contribution in [2.45, 2.75) is 40.2 Å². The number of hydrogen-bond donors (Lipinski definition) is 0. The van der Waals surface area contributed by atoms with Crippen LogP contribution >= 0.6 is 0 Å². The van der Waals surface area contributed by atoms with Gasteiger partial charge in [-0.1, -0.05) is 0 Å². The van der Waals surface area contributed by atoms with Crippen LogP contribution in [0.25, 0.3) is 11.0 Å². The molecule has 2 aliphatic heterocycles. The predicted octanol–water partition coefficient (Wildman–Crippen LogP) is 1.79. The summed E-state index contributed by atoms with van der Waals surface area (Å²) in [7, 11) is 0. The van der Waals surface area contributed by atoms with Crippen molar-refractivity contribution in [1.82, 2.24) is 24.7 Å². The molecule has 31 heavy (non-hydrogen) atoms. The van der Waals surface area contributed by atoms with Crippen LogP contribution < -0.4 is 0 Å². The number of benzene rings is 1. The van der Waals surface area contributed by atoms with E-state index >= 15 is 0 Å².